The van der Waals surface area contributed by atoms with Gasteiger partial charge >= 0.3 is 0 Å². The first-order valence-electron chi connectivity index (χ1n) is 7.06. The first kappa shape index (κ1) is 14.7. The summed E-state index contributed by atoms with van der Waals surface area (Å²) in [5.74, 6) is -0.292. The lowest BCUT2D eigenvalue weighted by Crippen LogP contribution is -2.48. The van der Waals surface area contributed by atoms with E-state index < -0.39 is 0 Å². The first-order chi connectivity index (χ1) is 9.61. The molecule has 108 valence electrons. The van der Waals surface area contributed by atoms with Crippen molar-refractivity contribution in [2.45, 2.75) is 13.8 Å². The van der Waals surface area contributed by atoms with Crippen LogP contribution in [0.1, 0.15) is 19.4 Å². The molecule has 0 aromatic heterocycles. The third-order valence-electron chi connectivity index (χ3n) is 3.72. The summed E-state index contributed by atoms with van der Waals surface area (Å²) in [6, 6.07) is 6.51. The molecule has 1 fully saturated rings. The Morgan fingerprint density at radius 1 is 1.25 bits per heavy atom. The van der Waals surface area contributed by atoms with Crippen molar-refractivity contribution < 1.29 is 9.18 Å². The van der Waals surface area contributed by atoms with Gasteiger partial charge in [0.2, 0.25) is 5.91 Å². The maximum atomic E-state index is 13.6. The lowest BCUT2D eigenvalue weighted by molar-refractivity contribution is -0.128. The summed E-state index contributed by atoms with van der Waals surface area (Å²) in [7, 11) is 0. The zero-order chi connectivity index (χ0) is 14.5. The molecule has 3 nitrogen and oxygen atoms in total. The molecule has 4 heteroatoms. The van der Waals surface area contributed by atoms with Crippen LogP contribution in [0.5, 0.6) is 0 Å². The highest BCUT2D eigenvalue weighted by molar-refractivity contribution is 5.97. The molecular weight excluding hydrogens is 255 g/mol. The van der Waals surface area contributed by atoms with E-state index >= 15 is 0 Å². The summed E-state index contributed by atoms with van der Waals surface area (Å²) in [5.41, 5.74) is 1.05. The van der Waals surface area contributed by atoms with E-state index in [-0.39, 0.29) is 11.7 Å². The SMILES string of the molecule is CCN1CCN(C(=O)/C(C)=C/c2ccccc2F)CC1. The molecule has 0 aliphatic carbocycles. The quantitative estimate of drug-likeness (QED) is 0.791. The van der Waals surface area contributed by atoms with E-state index in [1.54, 1.807) is 31.2 Å². The number of likely N-dealkylation sites (N-methyl/N-ethyl adjacent to an activating group) is 1. The van der Waals surface area contributed by atoms with Gasteiger partial charge in [-0.2, -0.15) is 0 Å². The van der Waals surface area contributed by atoms with Gasteiger partial charge in [0.25, 0.3) is 0 Å². The second-order valence-corrected chi connectivity index (χ2v) is 5.08. The average molecular weight is 276 g/mol. The third-order valence-corrected chi connectivity index (χ3v) is 3.72. The van der Waals surface area contributed by atoms with E-state index in [0.717, 1.165) is 32.7 Å². The molecule has 1 heterocycles. The van der Waals surface area contributed by atoms with Gasteiger partial charge in [0.05, 0.1) is 0 Å². The highest BCUT2D eigenvalue weighted by Gasteiger charge is 2.21. The molecule has 0 saturated carbocycles. The molecule has 1 saturated heterocycles. The van der Waals surface area contributed by atoms with Crippen LogP contribution in [0.2, 0.25) is 0 Å². The summed E-state index contributed by atoms with van der Waals surface area (Å²) < 4.78 is 13.6. The molecule has 0 N–H and O–H groups in total. The number of carbonyl (C=O) groups is 1. The Morgan fingerprint density at radius 2 is 1.90 bits per heavy atom. The number of amides is 1. The minimum atomic E-state index is -0.296. The number of hydrogen-bond donors (Lipinski definition) is 0. The summed E-state index contributed by atoms with van der Waals surface area (Å²) in [4.78, 5) is 16.5. The Labute approximate surface area is 119 Å². The molecule has 0 atom stereocenters. The number of carbonyl (C=O) groups excluding carboxylic acids is 1. The molecule has 1 aromatic carbocycles. The van der Waals surface area contributed by atoms with E-state index in [9.17, 15) is 9.18 Å². The largest absolute Gasteiger partial charge is 0.336 e. The van der Waals surface area contributed by atoms with E-state index in [1.807, 2.05) is 4.90 Å². The number of halogens is 1. The van der Waals surface area contributed by atoms with E-state index in [0.29, 0.717) is 11.1 Å². The second-order valence-electron chi connectivity index (χ2n) is 5.08. The standard InChI is InChI=1S/C16H21FN2O/c1-3-18-8-10-19(11-9-18)16(20)13(2)12-14-6-4-5-7-15(14)17/h4-7,12H,3,8-11H2,1-2H3/b13-12+. The zero-order valence-electron chi connectivity index (χ0n) is 12.1. The van der Waals surface area contributed by atoms with Crippen molar-refractivity contribution >= 4 is 12.0 Å². The Morgan fingerprint density at radius 3 is 2.50 bits per heavy atom. The summed E-state index contributed by atoms with van der Waals surface area (Å²) in [6.07, 6.45) is 1.63. The molecular formula is C16H21FN2O. The van der Waals surface area contributed by atoms with Crippen molar-refractivity contribution in [3.8, 4) is 0 Å². The topological polar surface area (TPSA) is 23.6 Å². The minimum Gasteiger partial charge on any atom is -0.336 e. The van der Waals surface area contributed by atoms with Crippen LogP contribution in [0, 0.1) is 5.82 Å². The van der Waals surface area contributed by atoms with Crippen LogP contribution in [-0.2, 0) is 4.79 Å². The molecule has 20 heavy (non-hydrogen) atoms. The highest BCUT2D eigenvalue weighted by Crippen LogP contribution is 2.14. The van der Waals surface area contributed by atoms with Crippen LogP contribution < -0.4 is 0 Å². The average Bonchev–Trinajstić information content (AvgIpc) is 2.49. The van der Waals surface area contributed by atoms with Crippen LogP contribution >= 0.6 is 0 Å². The maximum Gasteiger partial charge on any atom is 0.249 e. The second kappa shape index (κ2) is 6.66. The van der Waals surface area contributed by atoms with Crippen LogP contribution in [0.4, 0.5) is 4.39 Å². The van der Waals surface area contributed by atoms with Gasteiger partial charge in [-0.05, 0) is 25.6 Å². The molecule has 0 spiro atoms. The van der Waals surface area contributed by atoms with Gasteiger partial charge < -0.3 is 9.80 Å². The lowest BCUT2D eigenvalue weighted by Gasteiger charge is -2.34. The first-order valence-corrected chi connectivity index (χ1v) is 7.06. The minimum absolute atomic E-state index is 0.00371. The van der Waals surface area contributed by atoms with E-state index in [4.69, 9.17) is 0 Å². The number of benzene rings is 1. The van der Waals surface area contributed by atoms with Gasteiger partial charge in [-0.25, -0.2) is 4.39 Å². The molecule has 0 radical (unpaired) electrons. The third kappa shape index (κ3) is 3.45. The smallest absolute Gasteiger partial charge is 0.249 e. The fourth-order valence-corrected chi connectivity index (χ4v) is 2.40. The molecule has 1 aliphatic rings. The predicted octanol–water partition coefficient (Wildman–Crippen LogP) is 2.39. The molecule has 1 aliphatic heterocycles. The van der Waals surface area contributed by atoms with Crippen LogP contribution in [-0.4, -0.2) is 48.4 Å². The molecule has 2 rings (SSSR count). The fourth-order valence-electron chi connectivity index (χ4n) is 2.40. The summed E-state index contributed by atoms with van der Waals surface area (Å²) in [5, 5.41) is 0. The van der Waals surface area contributed by atoms with E-state index in [1.165, 1.54) is 6.07 Å². The van der Waals surface area contributed by atoms with E-state index in [2.05, 4.69) is 11.8 Å². The molecule has 0 unspecified atom stereocenters. The molecule has 1 amide bonds. The maximum absolute atomic E-state index is 13.6. The van der Waals surface area contributed by atoms with Crippen molar-refractivity contribution in [1.29, 1.82) is 0 Å². The highest BCUT2D eigenvalue weighted by atomic mass is 19.1. The number of hydrogen-bond acceptors (Lipinski definition) is 2. The number of rotatable bonds is 3. The number of piperazine rings is 1. The Hall–Kier alpha value is -1.68. The monoisotopic (exact) mass is 276 g/mol. The van der Waals surface area contributed by atoms with Gasteiger partial charge in [-0.3, -0.25) is 4.79 Å². The van der Waals surface area contributed by atoms with Crippen molar-refractivity contribution in [3.63, 3.8) is 0 Å². The number of nitrogens with zero attached hydrogens (tertiary/aromatic N) is 2. The fraction of sp³-hybridized carbons (Fsp3) is 0.438. The van der Waals surface area contributed by atoms with Crippen molar-refractivity contribution in [3.05, 3.63) is 41.2 Å². The molecule has 1 aromatic rings. The van der Waals surface area contributed by atoms with Crippen molar-refractivity contribution in [2.75, 3.05) is 32.7 Å². The van der Waals surface area contributed by atoms with Gasteiger partial charge in [0, 0.05) is 37.3 Å². The normalized spacial score (nSPS) is 17.4. The Kier molecular flexibility index (Phi) is 4.90. The van der Waals surface area contributed by atoms with Crippen LogP contribution in [0.15, 0.2) is 29.8 Å². The predicted molar refractivity (Wildman–Crippen MR) is 78.7 cm³/mol. The van der Waals surface area contributed by atoms with Gasteiger partial charge in [-0.1, -0.05) is 25.1 Å². The lowest BCUT2D eigenvalue weighted by atomic mass is 10.1. The van der Waals surface area contributed by atoms with Gasteiger partial charge in [0.1, 0.15) is 5.82 Å². The Balaban J connectivity index is 2.04. The Bertz CT molecular complexity index is 505. The van der Waals surface area contributed by atoms with Gasteiger partial charge in [0.15, 0.2) is 0 Å². The molecule has 0 bridgehead atoms. The van der Waals surface area contributed by atoms with Crippen molar-refractivity contribution in [1.82, 2.24) is 9.80 Å². The zero-order valence-corrected chi connectivity index (χ0v) is 12.1. The van der Waals surface area contributed by atoms with Crippen LogP contribution in [0.3, 0.4) is 0 Å². The van der Waals surface area contributed by atoms with Gasteiger partial charge in [-0.15, -0.1) is 0 Å². The summed E-state index contributed by atoms with van der Waals surface area (Å²) in [6.45, 7) is 8.21. The summed E-state index contributed by atoms with van der Waals surface area (Å²) >= 11 is 0. The van der Waals surface area contributed by atoms with Crippen molar-refractivity contribution in [2.24, 2.45) is 0 Å². The van der Waals surface area contributed by atoms with Crippen LogP contribution in [0.25, 0.3) is 6.08 Å².